The van der Waals surface area contributed by atoms with Crippen molar-refractivity contribution in [1.82, 2.24) is 0 Å². The number of aliphatic hydroxyl groups excluding tert-OH is 1. The second-order valence-electron chi connectivity index (χ2n) is 9.46. The van der Waals surface area contributed by atoms with Gasteiger partial charge in [0.2, 0.25) is 0 Å². The van der Waals surface area contributed by atoms with Crippen LogP contribution < -0.4 is 0 Å². The van der Waals surface area contributed by atoms with Crippen molar-refractivity contribution in [2.75, 3.05) is 0 Å². The smallest absolute Gasteiger partial charge is 0.338 e. The van der Waals surface area contributed by atoms with Crippen molar-refractivity contribution in [3.63, 3.8) is 0 Å². The first kappa shape index (κ1) is 30.7. The van der Waals surface area contributed by atoms with Crippen molar-refractivity contribution in [2.45, 2.75) is 37.9 Å². The summed E-state index contributed by atoms with van der Waals surface area (Å²) in [6, 6.07) is 33.7. The van der Waals surface area contributed by atoms with Crippen molar-refractivity contribution in [3.05, 3.63) is 144 Å². The topological polar surface area (TPSA) is 121 Å². The normalized spacial score (nSPS) is 13.7. The number of esters is 3. The molecule has 0 unspecified atom stereocenters. The number of hydrogen-bond acceptors (Lipinski definition) is 9. The van der Waals surface area contributed by atoms with Gasteiger partial charge in [0.25, 0.3) is 0 Å². The molecule has 9 nitrogen and oxygen atoms in total. The molecule has 0 aliphatic carbocycles. The lowest BCUT2D eigenvalue weighted by atomic mass is 10.0. The maximum absolute atomic E-state index is 13.3. The second-order valence-corrected chi connectivity index (χ2v) is 9.46. The Hall–Kier alpha value is -5.28. The number of rotatable bonds is 13. The Bertz CT molecular complexity index is 1480. The van der Waals surface area contributed by atoms with E-state index < -0.39 is 42.3 Å². The highest BCUT2D eigenvalue weighted by Crippen LogP contribution is 2.21. The Labute approximate surface area is 249 Å². The van der Waals surface area contributed by atoms with Crippen molar-refractivity contribution in [2.24, 2.45) is 5.16 Å². The molecule has 0 aromatic heterocycles. The monoisotopic (exact) mass is 581 g/mol. The molecule has 0 radical (unpaired) electrons. The van der Waals surface area contributed by atoms with Gasteiger partial charge in [-0.2, -0.15) is 0 Å². The van der Waals surface area contributed by atoms with Gasteiger partial charge >= 0.3 is 17.9 Å². The quantitative estimate of drug-likeness (QED) is 0.0984. The van der Waals surface area contributed by atoms with Gasteiger partial charge in [0, 0.05) is 0 Å². The summed E-state index contributed by atoms with van der Waals surface area (Å²) in [5.74, 6) is -2.34. The fourth-order valence-corrected chi connectivity index (χ4v) is 4.03. The number of carbonyl (C=O) groups excluding carboxylic acids is 3. The van der Waals surface area contributed by atoms with Crippen LogP contribution in [-0.2, 0) is 25.7 Å². The van der Waals surface area contributed by atoms with Crippen molar-refractivity contribution in [1.29, 1.82) is 0 Å². The lowest BCUT2D eigenvalue weighted by Crippen LogP contribution is -2.50. The van der Waals surface area contributed by atoms with Gasteiger partial charge in [-0.3, -0.25) is 0 Å². The summed E-state index contributed by atoms with van der Waals surface area (Å²) >= 11 is 0. The minimum Gasteiger partial charge on any atom is -0.452 e. The number of benzene rings is 4. The third-order valence-corrected chi connectivity index (χ3v) is 6.24. The maximum Gasteiger partial charge on any atom is 0.338 e. The van der Waals surface area contributed by atoms with E-state index in [0.717, 1.165) is 11.8 Å². The average molecular weight is 582 g/mol. The van der Waals surface area contributed by atoms with E-state index in [1.807, 2.05) is 30.3 Å². The standard InChI is InChI=1S/C34H31NO8/c1-24(36)30(42-33(38)27-18-10-4-11-19-27)31(43-34(39)28-20-12-5-13-21-28)29(41-32(37)26-16-8-3-9-17-26)22-35-40-23-25-14-6-2-7-15-25/h2-22,24,29-31,36H,23H2,1H3/b35-22+/t24-,29-,30-,31-/m0/s1. The predicted molar refractivity (Wildman–Crippen MR) is 158 cm³/mol. The Morgan fingerprint density at radius 1 is 0.628 bits per heavy atom. The maximum atomic E-state index is 13.3. The first-order valence-corrected chi connectivity index (χ1v) is 13.6. The second kappa shape index (κ2) is 15.6. The number of ether oxygens (including phenoxy) is 3. The van der Waals surface area contributed by atoms with Crippen LogP contribution in [0.25, 0.3) is 0 Å². The van der Waals surface area contributed by atoms with Crippen LogP contribution in [0.4, 0.5) is 0 Å². The number of nitrogens with zero attached hydrogens (tertiary/aromatic N) is 1. The fourth-order valence-electron chi connectivity index (χ4n) is 4.03. The van der Waals surface area contributed by atoms with Gasteiger partial charge in [0.15, 0.2) is 18.3 Å². The highest BCUT2D eigenvalue weighted by Gasteiger charge is 2.41. The molecule has 4 aromatic rings. The molecule has 0 spiro atoms. The third kappa shape index (κ3) is 9.11. The molecule has 4 aromatic carbocycles. The van der Waals surface area contributed by atoms with Gasteiger partial charge in [0.05, 0.1) is 29.0 Å². The number of oxime groups is 1. The highest BCUT2D eigenvalue weighted by atomic mass is 16.6. The lowest BCUT2D eigenvalue weighted by Gasteiger charge is -2.32. The van der Waals surface area contributed by atoms with Crippen LogP contribution in [-0.4, -0.2) is 53.6 Å². The summed E-state index contributed by atoms with van der Waals surface area (Å²) in [7, 11) is 0. The van der Waals surface area contributed by atoms with Crippen LogP contribution in [0.15, 0.2) is 126 Å². The molecule has 9 heteroatoms. The molecular weight excluding hydrogens is 550 g/mol. The van der Waals surface area contributed by atoms with Gasteiger partial charge in [-0.1, -0.05) is 90.1 Å². The van der Waals surface area contributed by atoms with Crippen molar-refractivity contribution in [3.8, 4) is 0 Å². The summed E-state index contributed by atoms with van der Waals surface area (Å²) in [5, 5.41) is 14.8. The SMILES string of the molecule is C[C@H](O)[C@H](OC(=O)c1ccccc1)[C@@H](OC(=O)c1ccccc1)[C@H](/C=N/OCc1ccccc1)OC(=O)c1ccccc1. The van der Waals surface area contributed by atoms with Crippen LogP contribution in [0.5, 0.6) is 0 Å². The van der Waals surface area contributed by atoms with Crippen molar-refractivity contribution >= 4 is 24.1 Å². The van der Waals surface area contributed by atoms with E-state index in [4.69, 9.17) is 19.0 Å². The van der Waals surface area contributed by atoms with E-state index in [0.29, 0.717) is 0 Å². The van der Waals surface area contributed by atoms with E-state index in [-0.39, 0.29) is 23.3 Å². The summed E-state index contributed by atoms with van der Waals surface area (Å²) in [5.41, 5.74) is 1.45. The third-order valence-electron chi connectivity index (χ3n) is 6.24. The van der Waals surface area contributed by atoms with Crippen LogP contribution in [0.1, 0.15) is 43.6 Å². The Kier molecular flexibility index (Phi) is 11.2. The first-order chi connectivity index (χ1) is 20.9. The number of carbonyl (C=O) groups is 3. The van der Waals surface area contributed by atoms with E-state index in [1.165, 1.54) is 31.2 Å². The average Bonchev–Trinajstić information content (AvgIpc) is 3.05. The molecule has 43 heavy (non-hydrogen) atoms. The molecule has 0 heterocycles. The van der Waals surface area contributed by atoms with E-state index in [9.17, 15) is 19.5 Å². The molecule has 0 aliphatic heterocycles. The van der Waals surface area contributed by atoms with Crippen LogP contribution >= 0.6 is 0 Å². The minimum absolute atomic E-state index is 0.105. The lowest BCUT2D eigenvalue weighted by molar-refractivity contribution is -0.103. The van der Waals surface area contributed by atoms with E-state index in [2.05, 4.69) is 5.16 Å². The molecule has 0 saturated heterocycles. The minimum atomic E-state index is -1.53. The molecule has 220 valence electrons. The van der Waals surface area contributed by atoms with Gasteiger partial charge in [-0.05, 0) is 48.9 Å². The fraction of sp³-hybridized carbons (Fsp3) is 0.176. The molecule has 0 amide bonds. The van der Waals surface area contributed by atoms with Gasteiger partial charge < -0.3 is 24.2 Å². The van der Waals surface area contributed by atoms with E-state index in [1.54, 1.807) is 66.7 Å². The number of hydrogen-bond donors (Lipinski definition) is 1. The molecule has 0 fully saturated rings. The zero-order valence-corrected chi connectivity index (χ0v) is 23.4. The molecule has 0 saturated carbocycles. The van der Waals surface area contributed by atoms with Crippen LogP contribution in [0, 0.1) is 0 Å². The Morgan fingerprint density at radius 2 is 1.02 bits per heavy atom. The summed E-state index contributed by atoms with van der Waals surface area (Å²) in [4.78, 5) is 44.9. The molecule has 4 atom stereocenters. The Balaban J connectivity index is 1.68. The van der Waals surface area contributed by atoms with Gasteiger partial charge in [-0.25, -0.2) is 14.4 Å². The molecule has 0 bridgehead atoms. The summed E-state index contributed by atoms with van der Waals surface area (Å²) < 4.78 is 17.2. The number of aliphatic hydroxyl groups is 1. The Morgan fingerprint density at radius 3 is 1.47 bits per heavy atom. The predicted octanol–water partition coefficient (Wildman–Crippen LogP) is 5.25. The largest absolute Gasteiger partial charge is 0.452 e. The van der Waals surface area contributed by atoms with E-state index >= 15 is 0 Å². The highest BCUT2D eigenvalue weighted by molar-refractivity contribution is 5.92. The van der Waals surface area contributed by atoms with Gasteiger partial charge in [0.1, 0.15) is 6.61 Å². The zero-order chi connectivity index (χ0) is 30.4. The summed E-state index contributed by atoms with van der Waals surface area (Å²) in [6.45, 7) is 1.47. The van der Waals surface area contributed by atoms with Crippen LogP contribution in [0.3, 0.4) is 0 Å². The van der Waals surface area contributed by atoms with Crippen LogP contribution in [0.2, 0.25) is 0 Å². The summed E-state index contributed by atoms with van der Waals surface area (Å²) in [6.07, 6.45) is -4.68. The molecular formula is C34H31NO8. The van der Waals surface area contributed by atoms with Crippen molar-refractivity contribution < 1.29 is 38.5 Å². The first-order valence-electron chi connectivity index (χ1n) is 13.6. The molecule has 1 N–H and O–H groups in total. The zero-order valence-electron chi connectivity index (χ0n) is 23.4. The molecule has 4 rings (SSSR count). The van der Waals surface area contributed by atoms with Gasteiger partial charge in [-0.15, -0.1) is 0 Å². The molecule has 0 aliphatic rings.